The van der Waals surface area contributed by atoms with E-state index < -0.39 is 10.0 Å². The van der Waals surface area contributed by atoms with Crippen molar-refractivity contribution in [3.05, 3.63) is 29.6 Å². The first-order chi connectivity index (χ1) is 11.4. The van der Waals surface area contributed by atoms with Gasteiger partial charge < -0.3 is 9.47 Å². The molecule has 1 atom stereocenters. The molecule has 0 unspecified atom stereocenters. The normalized spacial score (nSPS) is 24.0. The van der Waals surface area contributed by atoms with Crippen molar-refractivity contribution < 1.29 is 17.9 Å². The molecule has 3 rings (SSSR count). The van der Waals surface area contributed by atoms with Gasteiger partial charge in [-0.25, -0.2) is 8.42 Å². The summed E-state index contributed by atoms with van der Waals surface area (Å²) in [4.78, 5) is 4.14. The van der Waals surface area contributed by atoms with Crippen LogP contribution in [-0.2, 0) is 26.1 Å². The van der Waals surface area contributed by atoms with Gasteiger partial charge in [-0.1, -0.05) is 6.92 Å². The van der Waals surface area contributed by atoms with Crippen LogP contribution in [-0.4, -0.2) is 54.9 Å². The highest BCUT2D eigenvalue weighted by Gasteiger charge is 2.51. The molecule has 0 aromatic carbocycles. The first-order valence-corrected chi connectivity index (χ1v) is 10.2. The van der Waals surface area contributed by atoms with Crippen LogP contribution in [0.4, 0.5) is 0 Å². The van der Waals surface area contributed by atoms with Gasteiger partial charge in [-0.05, 0) is 37.0 Å². The minimum atomic E-state index is -3.12. The molecule has 7 heteroatoms. The van der Waals surface area contributed by atoms with Gasteiger partial charge in [0.25, 0.3) is 0 Å². The number of aromatic nitrogens is 1. The molecule has 2 fully saturated rings. The fraction of sp³-hybridized carbons (Fsp3) is 0.706. The Hall–Kier alpha value is -1.02. The standard InChI is InChI=1S/C17H26N2O4S/c1-3-8-24(20,21)19-12-17(13-19)9-16(5-7-23-17)22-11-15-10-18-6-4-14(15)2/h4,6,10,16H,3,5,7-9,11-13H2,1-2H3/t16-/m1/s1. The molecule has 0 saturated carbocycles. The van der Waals surface area contributed by atoms with Gasteiger partial charge in [-0.2, -0.15) is 4.31 Å². The van der Waals surface area contributed by atoms with Crippen molar-refractivity contribution in [3.8, 4) is 0 Å². The minimum absolute atomic E-state index is 0.106. The molecule has 134 valence electrons. The Morgan fingerprint density at radius 1 is 1.46 bits per heavy atom. The van der Waals surface area contributed by atoms with Crippen LogP contribution < -0.4 is 0 Å². The Morgan fingerprint density at radius 2 is 2.25 bits per heavy atom. The highest BCUT2D eigenvalue weighted by atomic mass is 32.2. The molecule has 0 amide bonds. The summed E-state index contributed by atoms with van der Waals surface area (Å²) < 4.78 is 37.7. The zero-order valence-electron chi connectivity index (χ0n) is 14.4. The van der Waals surface area contributed by atoms with E-state index in [1.54, 1.807) is 10.5 Å². The van der Waals surface area contributed by atoms with Crippen molar-refractivity contribution in [2.45, 2.75) is 51.4 Å². The molecule has 2 saturated heterocycles. The molecule has 6 nitrogen and oxygen atoms in total. The molecule has 0 bridgehead atoms. The highest BCUT2D eigenvalue weighted by molar-refractivity contribution is 7.89. The highest BCUT2D eigenvalue weighted by Crippen LogP contribution is 2.37. The van der Waals surface area contributed by atoms with E-state index in [9.17, 15) is 8.42 Å². The SMILES string of the molecule is CCCS(=O)(=O)N1CC2(C[C@H](OCc3cnccc3C)CCO2)C1. The fourth-order valence-electron chi connectivity index (χ4n) is 3.38. The molecule has 3 heterocycles. The topological polar surface area (TPSA) is 68.7 Å². The van der Waals surface area contributed by atoms with Crippen molar-refractivity contribution in [1.82, 2.24) is 9.29 Å². The predicted octanol–water partition coefficient (Wildman–Crippen LogP) is 1.88. The molecule has 0 radical (unpaired) electrons. The lowest BCUT2D eigenvalue weighted by Gasteiger charge is -2.52. The van der Waals surface area contributed by atoms with E-state index in [1.165, 1.54) is 5.56 Å². The van der Waals surface area contributed by atoms with Crippen molar-refractivity contribution in [1.29, 1.82) is 0 Å². The molecule has 2 aliphatic heterocycles. The van der Waals surface area contributed by atoms with E-state index >= 15 is 0 Å². The molecule has 1 aromatic rings. The maximum absolute atomic E-state index is 12.1. The molecule has 1 spiro atoms. The molecule has 24 heavy (non-hydrogen) atoms. The van der Waals surface area contributed by atoms with E-state index in [-0.39, 0.29) is 17.5 Å². The van der Waals surface area contributed by atoms with E-state index in [0.717, 1.165) is 18.4 Å². The monoisotopic (exact) mass is 354 g/mol. The summed E-state index contributed by atoms with van der Waals surface area (Å²) in [6.07, 6.45) is 5.97. The first kappa shape index (κ1) is 17.8. The Bertz CT molecular complexity index is 671. The lowest BCUT2D eigenvalue weighted by atomic mass is 9.86. The molecule has 0 N–H and O–H groups in total. The number of ether oxygens (including phenoxy) is 2. The number of rotatable bonds is 6. The number of hydrogen-bond acceptors (Lipinski definition) is 5. The Balaban J connectivity index is 1.54. The molecular formula is C17H26N2O4S. The quantitative estimate of drug-likeness (QED) is 0.780. The fourth-order valence-corrected chi connectivity index (χ4v) is 5.02. The van der Waals surface area contributed by atoms with Gasteiger partial charge in [0.15, 0.2) is 0 Å². The van der Waals surface area contributed by atoms with Gasteiger partial charge in [-0.3, -0.25) is 4.98 Å². The second-order valence-corrected chi connectivity index (χ2v) is 8.93. The van der Waals surface area contributed by atoms with E-state index in [4.69, 9.17) is 9.47 Å². The first-order valence-electron chi connectivity index (χ1n) is 8.57. The summed E-state index contributed by atoms with van der Waals surface area (Å²) in [6, 6.07) is 1.98. The van der Waals surface area contributed by atoms with Crippen LogP contribution in [0.1, 0.15) is 37.3 Å². The predicted molar refractivity (Wildman–Crippen MR) is 91.1 cm³/mol. The van der Waals surface area contributed by atoms with Crippen molar-refractivity contribution >= 4 is 10.0 Å². The average molecular weight is 354 g/mol. The van der Waals surface area contributed by atoms with Crippen LogP contribution in [0.5, 0.6) is 0 Å². The zero-order valence-corrected chi connectivity index (χ0v) is 15.2. The van der Waals surface area contributed by atoms with Crippen LogP contribution in [0.3, 0.4) is 0 Å². The summed E-state index contributed by atoms with van der Waals surface area (Å²) in [6.45, 7) is 6.02. The van der Waals surface area contributed by atoms with Gasteiger partial charge >= 0.3 is 0 Å². The van der Waals surface area contributed by atoms with Crippen LogP contribution in [0.15, 0.2) is 18.5 Å². The summed E-state index contributed by atoms with van der Waals surface area (Å²) >= 11 is 0. The lowest BCUT2D eigenvalue weighted by molar-refractivity contribution is -0.180. The Kier molecular flexibility index (Phi) is 5.24. The maximum atomic E-state index is 12.1. The van der Waals surface area contributed by atoms with E-state index in [2.05, 4.69) is 4.98 Å². The third kappa shape index (κ3) is 3.79. The van der Waals surface area contributed by atoms with Crippen molar-refractivity contribution in [3.63, 3.8) is 0 Å². The molecular weight excluding hydrogens is 328 g/mol. The number of sulfonamides is 1. The third-order valence-corrected chi connectivity index (χ3v) is 6.82. The van der Waals surface area contributed by atoms with Crippen molar-refractivity contribution in [2.75, 3.05) is 25.4 Å². The Labute approximate surface area is 144 Å². The maximum Gasteiger partial charge on any atom is 0.214 e. The number of nitrogens with zero attached hydrogens (tertiary/aromatic N) is 2. The summed E-state index contributed by atoms with van der Waals surface area (Å²) in [5.74, 6) is 0.212. The third-order valence-electron chi connectivity index (χ3n) is 4.85. The summed E-state index contributed by atoms with van der Waals surface area (Å²) in [7, 11) is -3.12. The summed E-state index contributed by atoms with van der Waals surface area (Å²) in [5, 5.41) is 0. The molecule has 2 aliphatic rings. The number of pyridine rings is 1. The van der Waals surface area contributed by atoms with Gasteiger partial charge in [-0.15, -0.1) is 0 Å². The van der Waals surface area contributed by atoms with Crippen LogP contribution >= 0.6 is 0 Å². The second-order valence-electron chi connectivity index (χ2n) is 6.84. The van der Waals surface area contributed by atoms with Gasteiger partial charge in [0.05, 0.1) is 24.1 Å². The average Bonchev–Trinajstić information content (AvgIpc) is 2.52. The van der Waals surface area contributed by atoms with E-state index in [0.29, 0.717) is 32.7 Å². The van der Waals surface area contributed by atoms with Crippen LogP contribution in [0.25, 0.3) is 0 Å². The van der Waals surface area contributed by atoms with Crippen LogP contribution in [0, 0.1) is 6.92 Å². The smallest absolute Gasteiger partial charge is 0.214 e. The van der Waals surface area contributed by atoms with E-state index in [1.807, 2.05) is 26.1 Å². The summed E-state index contributed by atoms with van der Waals surface area (Å²) in [5.41, 5.74) is 1.92. The Morgan fingerprint density at radius 3 is 2.96 bits per heavy atom. The largest absolute Gasteiger partial charge is 0.373 e. The lowest BCUT2D eigenvalue weighted by Crippen LogP contribution is -2.67. The van der Waals surface area contributed by atoms with Gasteiger partial charge in [0.2, 0.25) is 10.0 Å². The molecule has 1 aromatic heterocycles. The number of hydrogen-bond donors (Lipinski definition) is 0. The molecule has 0 aliphatic carbocycles. The second kappa shape index (κ2) is 7.07. The van der Waals surface area contributed by atoms with Crippen molar-refractivity contribution in [2.24, 2.45) is 0 Å². The number of aryl methyl sites for hydroxylation is 1. The van der Waals surface area contributed by atoms with Gasteiger partial charge in [0, 0.05) is 38.5 Å². The van der Waals surface area contributed by atoms with Crippen LogP contribution in [0.2, 0.25) is 0 Å². The zero-order chi connectivity index (χ0) is 17.2. The minimum Gasteiger partial charge on any atom is -0.373 e. The van der Waals surface area contributed by atoms with Gasteiger partial charge in [0.1, 0.15) is 0 Å².